The minimum Gasteiger partial charge on any atom is -0.368 e. The summed E-state index contributed by atoms with van der Waals surface area (Å²) in [4.78, 5) is 42.0. The van der Waals surface area contributed by atoms with Crippen LogP contribution in [0.5, 0.6) is 0 Å². The number of carbonyl (C=O) groups excluding carboxylic acids is 2. The number of carbonyl (C=O) groups is 2. The van der Waals surface area contributed by atoms with Crippen molar-refractivity contribution in [3.63, 3.8) is 0 Å². The Bertz CT molecular complexity index is 1000. The molecule has 0 aromatic heterocycles. The number of rotatable bonds is 5. The first kappa shape index (κ1) is 20.8. The van der Waals surface area contributed by atoms with Crippen LogP contribution in [0.3, 0.4) is 0 Å². The zero-order chi connectivity index (χ0) is 22.0. The summed E-state index contributed by atoms with van der Waals surface area (Å²) in [5, 5.41) is 11.0. The number of hydrogen-bond donors (Lipinski definition) is 0. The number of piperazine rings is 1. The first-order valence-corrected chi connectivity index (χ1v) is 10.6. The highest BCUT2D eigenvalue weighted by atomic mass is 16.6. The fraction of sp³-hybridized carbons (Fsp3) is 0.391. The number of benzene rings is 2. The molecule has 2 saturated heterocycles. The lowest BCUT2D eigenvalue weighted by atomic mass is 10.1. The minimum atomic E-state index is -0.400. The Morgan fingerprint density at radius 3 is 2.55 bits per heavy atom. The van der Waals surface area contributed by atoms with Crippen LogP contribution in [0.25, 0.3) is 0 Å². The second-order valence-electron chi connectivity index (χ2n) is 7.98. The van der Waals surface area contributed by atoms with Crippen LogP contribution in [0.4, 0.5) is 17.1 Å². The molecule has 4 rings (SSSR count). The number of non-ortho nitro benzene ring substituents is 1. The highest BCUT2D eigenvalue weighted by molar-refractivity contribution is 6.00. The van der Waals surface area contributed by atoms with E-state index in [1.54, 1.807) is 17.0 Å². The molecule has 0 spiro atoms. The molecular weight excluding hydrogens is 396 g/mol. The first-order chi connectivity index (χ1) is 15.0. The average Bonchev–Trinajstić information content (AvgIpc) is 3.20. The summed E-state index contributed by atoms with van der Waals surface area (Å²) in [5.41, 5.74) is 2.86. The normalized spacial score (nSPS) is 19.1. The van der Waals surface area contributed by atoms with Crippen molar-refractivity contribution in [1.82, 2.24) is 4.90 Å². The quantitative estimate of drug-likeness (QED) is 0.546. The SMILES string of the molecule is CCc1ccccc1N1C[C@@H](C(=O)N2CCN(c3cccc([N+](=O)[O-])c3)CC2)CC1=O. The van der Waals surface area contributed by atoms with Crippen molar-refractivity contribution < 1.29 is 14.5 Å². The summed E-state index contributed by atoms with van der Waals surface area (Å²) >= 11 is 0. The Kier molecular flexibility index (Phi) is 5.88. The minimum absolute atomic E-state index is 0.00511. The van der Waals surface area contributed by atoms with Crippen LogP contribution < -0.4 is 9.80 Å². The molecule has 1 atom stereocenters. The average molecular weight is 422 g/mol. The zero-order valence-electron chi connectivity index (χ0n) is 17.6. The van der Waals surface area contributed by atoms with Gasteiger partial charge in [0.15, 0.2) is 0 Å². The van der Waals surface area contributed by atoms with Gasteiger partial charge in [-0.05, 0) is 24.1 Å². The van der Waals surface area contributed by atoms with Gasteiger partial charge in [-0.3, -0.25) is 19.7 Å². The molecule has 0 aliphatic carbocycles. The third-order valence-electron chi connectivity index (χ3n) is 6.13. The summed E-state index contributed by atoms with van der Waals surface area (Å²) in [5.74, 6) is -0.320. The molecule has 162 valence electrons. The Balaban J connectivity index is 1.39. The predicted octanol–water partition coefficient (Wildman–Crippen LogP) is 2.86. The third-order valence-corrected chi connectivity index (χ3v) is 6.13. The smallest absolute Gasteiger partial charge is 0.271 e. The van der Waals surface area contributed by atoms with Gasteiger partial charge in [-0.25, -0.2) is 0 Å². The Morgan fingerprint density at radius 2 is 1.84 bits per heavy atom. The number of hydrogen-bond acceptors (Lipinski definition) is 5. The van der Waals surface area contributed by atoms with Crippen LogP contribution in [-0.2, 0) is 16.0 Å². The molecule has 2 fully saturated rings. The standard InChI is InChI=1S/C23H26N4O4/c1-2-17-6-3-4-9-21(17)26-16-18(14-22(26)28)23(29)25-12-10-24(11-13-25)19-7-5-8-20(15-19)27(30)31/h3-9,15,18H,2,10-14,16H2,1H3/t18-/m0/s1. The van der Waals surface area contributed by atoms with Crippen molar-refractivity contribution in [2.24, 2.45) is 5.92 Å². The number of anilines is 2. The largest absolute Gasteiger partial charge is 0.368 e. The molecule has 2 aliphatic rings. The van der Waals surface area contributed by atoms with E-state index in [4.69, 9.17) is 0 Å². The summed E-state index contributed by atoms with van der Waals surface area (Å²) in [6.07, 6.45) is 1.07. The van der Waals surface area contributed by atoms with Gasteiger partial charge >= 0.3 is 0 Å². The van der Waals surface area contributed by atoms with Crippen molar-refractivity contribution in [3.05, 3.63) is 64.2 Å². The van der Waals surface area contributed by atoms with Gasteiger partial charge in [-0.2, -0.15) is 0 Å². The van der Waals surface area contributed by atoms with Gasteiger partial charge in [0.2, 0.25) is 11.8 Å². The molecule has 2 aliphatic heterocycles. The first-order valence-electron chi connectivity index (χ1n) is 10.6. The maximum absolute atomic E-state index is 13.1. The van der Waals surface area contributed by atoms with E-state index in [9.17, 15) is 19.7 Å². The van der Waals surface area contributed by atoms with Crippen LogP contribution >= 0.6 is 0 Å². The van der Waals surface area contributed by atoms with Gasteiger partial charge in [0.05, 0.1) is 10.8 Å². The number of amides is 2. The van der Waals surface area contributed by atoms with Crippen molar-refractivity contribution in [3.8, 4) is 0 Å². The molecule has 8 nitrogen and oxygen atoms in total. The van der Waals surface area contributed by atoms with E-state index in [2.05, 4.69) is 11.8 Å². The van der Waals surface area contributed by atoms with Crippen molar-refractivity contribution in [2.75, 3.05) is 42.5 Å². The molecule has 2 aromatic carbocycles. The monoisotopic (exact) mass is 422 g/mol. The summed E-state index contributed by atoms with van der Waals surface area (Å²) in [7, 11) is 0. The van der Waals surface area contributed by atoms with Crippen LogP contribution in [0.1, 0.15) is 18.9 Å². The molecule has 0 N–H and O–H groups in total. The van der Waals surface area contributed by atoms with E-state index in [0.717, 1.165) is 23.4 Å². The highest BCUT2D eigenvalue weighted by Crippen LogP contribution is 2.30. The molecular formula is C23H26N4O4. The van der Waals surface area contributed by atoms with Crippen molar-refractivity contribution >= 4 is 28.9 Å². The molecule has 2 heterocycles. The topological polar surface area (TPSA) is 87.0 Å². The molecule has 2 aromatic rings. The number of nitrogens with zero attached hydrogens (tertiary/aromatic N) is 4. The number of nitro benzene ring substituents is 1. The van der Waals surface area contributed by atoms with Gasteiger partial charge < -0.3 is 14.7 Å². The number of para-hydroxylation sites is 1. The van der Waals surface area contributed by atoms with Gasteiger partial charge in [-0.1, -0.05) is 31.2 Å². The lowest BCUT2D eigenvalue weighted by molar-refractivity contribution is -0.384. The Hall–Kier alpha value is -3.42. The van der Waals surface area contributed by atoms with E-state index in [1.807, 2.05) is 35.2 Å². The molecule has 0 unspecified atom stereocenters. The van der Waals surface area contributed by atoms with E-state index < -0.39 is 4.92 Å². The van der Waals surface area contributed by atoms with E-state index in [1.165, 1.54) is 6.07 Å². The van der Waals surface area contributed by atoms with E-state index in [-0.39, 0.29) is 29.8 Å². The van der Waals surface area contributed by atoms with Gasteiger partial charge in [0, 0.05) is 62.7 Å². The molecule has 0 radical (unpaired) electrons. The maximum Gasteiger partial charge on any atom is 0.271 e. The summed E-state index contributed by atoms with van der Waals surface area (Å²) in [6.45, 7) is 4.77. The fourth-order valence-electron chi connectivity index (χ4n) is 4.43. The van der Waals surface area contributed by atoms with Crippen LogP contribution in [0, 0.1) is 16.0 Å². The van der Waals surface area contributed by atoms with E-state index in [0.29, 0.717) is 32.7 Å². The second kappa shape index (κ2) is 8.75. The van der Waals surface area contributed by atoms with Crippen LogP contribution in [0.2, 0.25) is 0 Å². The number of nitro groups is 1. The van der Waals surface area contributed by atoms with E-state index >= 15 is 0 Å². The van der Waals surface area contributed by atoms with Crippen molar-refractivity contribution in [1.29, 1.82) is 0 Å². The molecule has 2 amide bonds. The fourth-order valence-corrected chi connectivity index (χ4v) is 4.43. The lowest BCUT2D eigenvalue weighted by Gasteiger charge is -2.37. The molecule has 0 saturated carbocycles. The van der Waals surface area contributed by atoms with Gasteiger partial charge in [0.25, 0.3) is 5.69 Å². The molecule has 31 heavy (non-hydrogen) atoms. The van der Waals surface area contributed by atoms with Crippen LogP contribution in [-0.4, -0.2) is 54.4 Å². The lowest BCUT2D eigenvalue weighted by Crippen LogP contribution is -2.50. The van der Waals surface area contributed by atoms with Crippen LogP contribution in [0.15, 0.2) is 48.5 Å². The van der Waals surface area contributed by atoms with Crippen molar-refractivity contribution in [2.45, 2.75) is 19.8 Å². The van der Waals surface area contributed by atoms with Gasteiger partial charge in [0.1, 0.15) is 0 Å². The third kappa shape index (κ3) is 4.23. The molecule has 8 heteroatoms. The Morgan fingerprint density at radius 1 is 1.10 bits per heavy atom. The summed E-state index contributed by atoms with van der Waals surface area (Å²) < 4.78 is 0. The maximum atomic E-state index is 13.1. The Labute approximate surface area is 181 Å². The predicted molar refractivity (Wildman–Crippen MR) is 118 cm³/mol. The number of aryl methyl sites for hydroxylation is 1. The molecule has 0 bridgehead atoms. The summed E-state index contributed by atoms with van der Waals surface area (Å²) in [6, 6.07) is 14.4. The highest BCUT2D eigenvalue weighted by Gasteiger charge is 2.38. The zero-order valence-corrected chi connectivity index (χ0v) is 17.6. The van der Waals surface area contributed by atoms with Gasteiger partial charge in [-0.15, -0.1) is 0 Å². The second-order valence-corrected chi connectivity index (χ2v) is 7.98.